The number of thiazole rings is 1. The van der Waals surface area contributed by atoms with Crippen molar-refractivity contribution in [3.8, 4) is 16.9 Å². The highest BCUT2D eigenvalue weighted by Crippen LogP contribution is 2.28. The minimum absolute atomic E-state index is 0.0144. The molecule has 8 nitrogen and oxygen atoms in total. The van der Waals surface area contributed by atoms with Crippen LogP contribution >= 0.6 is 11.3 Å². The fourth-order valence-electron chi connectivity index (χ4n) is 3.36. The van der Waals surface area contributed by atoms with Gasteiger partial charge < -0.3 is 14.4 Å². The van der Waals surface area contributed by atoms with Crippen LogP contribution in [0.4, 0.5) is 18.3 Å². The standard InChI is InChI=1S/C22H20F3N3O5S2/c23-22(24,25)33-18-5-1-15(2-6-18)16-3-7-19(8-4-16)35(30,31)27-21-26-17(14-34-21)13-20(29)28-9-11-32-12-10-28/h1-8,14H,9-13H2,(H,26,27). The third-order valence-electron chi connectivity index (χ3n) is 5.06. The number of nitrogens with one attached hydrogen (secondary N) is 1. The van der Waals surface area contributed by atoms with E-state index in [0.717, 1.165) is 11.3 Å². The molecular weight excluding hydrogens is 507 g/mol. The second kappa shape index (κ2) is 10.2. The molecule has 13 heteroatoms. The fraction of sp³-hybridized carbons (Fsp3) is 0.273. The molecule has 0 atom stereocenters. The Balaban J connectivity index is 1.39. The summed E-state index contributed by atoms with van der Waals surface area (Å²) in [5.74, 6) is -0.444. The van der Waals surface area contributed by atoms with Gasteiger partial charge in [0.05, 0.1) is 30.2 Å². The van der Waals surface area contributed by atoms with E-state index < -0.39 is 16.4 Å². The number of aromatic nitrogens is 1. The van der Waals surface area contributed by atoms with E-state index in [-0.39, 0.29) is 28.1 Å². The van der Waals surface area contributed by atoms with Gasteiger partial charge >= 0.3 is 6.36 Å². The van der Waals surface area contributed by atoms with E-state index in [0.29, 0.717) is 43.1 Å². The number of carbonyl (C=O) groups excluding carboxylic acids is 1. The van der Waals surface area contributed by atoms with Crippen LogP contribution in [-0.2, 0) is 26.0 Å². The van der Waals surface area contributed by atoms with Gasteiger partial charge in [-0.3, -0.25) is 9.52 Å². The lowest BCUT2D eigenvalue weighted by Crippen LogP contribution is -2.41. The summed E-state index contributed by atoms with van der Waals surface area (Å²) in [6, 6.07) is 11.1. The number of halogens is 3. The smallest absolute Gasteiger partial charge is 0.406 e. The van der Waals surface area contributed by atoms with E-state index in [9.17, 15) is 26.4 Å². The van der Waals surface area contributed by atoms with Gasteiger partial charge in [-0.2, -0.15) is 0 Å². The summed E-state index contributed by atoms with van der Waals surface area (Å²) in [7, 11) is -3.93. The van der Waals surface area contributed by atoms with E-state index in [2.05, 4.69) is 14.4 Å². The number of hydrogen-bond acceptors (Lipinski definition) is 7. The largest absolute Gasteiger partial charge is 0.573 e. The number of sulfonamides is 1. The molecule has 0 unspecified atom stereocenters. The van der Waals surface area contributed by atoms with Crippen molar-refractivity contribution in [2.75, 3.05) is 31.0 Å². The molecule has 0 spiro atoms. The van der Waals surface area contributed by atoms with Crippen LogP contribution in [0.1, 0.15) is 5.69 Å². The van der Waals surface area contributed by atoms with Crippen LogP contribution in [0.5, 0.6) is 5.75 Å². The topological polar surface area (TPSA) is 97.8 Å². The summed E-state index contributed by atoms with van der Waals surface area (Å²) >= 11 is 1.08. The van der Waals surface area contributed by atoms with Crippen molar-refractivity contribution in [2.24, 2.45) is 0 Å². The first-order valence-corrected chi connectivity index (χ1v) is 12.7. The first kappa shape index (κ1) is 24.9. The number of carbonyl (C=O) groups is 1. The van der Waals surface area contributed by atoms with Crippen molar-refractivity contribution in [1.29, 1.82) is 0 Å². The number of nitrogens with zero attached hydrogens (tertiary/aromatic N) is 2. The van der Waals surface area contributed by atoms with Crippen LogP contribution in [0.25, 0.3) is 11.1 Å². The predicted molar refractivity (Wildman–Crippen MR) is 123 cm³/mol. The lowest BCUT2D eigenvalue weighted by molar-refractivity contribution is -0.274. The summed E-state index contributed by atoms with van der Waals surface area (Å²) in [5.41, 5.74) is 1.67. The Labute approximate surface area is 203 Å². The van der Waals surface area contributed by atoms with Crippen LogP contribution in [-0.4, -0.2) is 56.9 Å². The predicted octanol–water partition coefficient (Wildman–Crippen LogP) is 3.91. The van der Waals surface area contributed by atoms with E-state index in [1.54, 1.807) is 22.4 Å². The number of benzene rings is 2. The molecule has 1 aliphatic heterocycles. The van der Waals surface area contributed by atoms with Crippen molar-refractivity contribution >= 4 is 32.4 Å². The second-order valence-electron chi connectivity index (χ2n) is 7.52. The van der Waals surface area contributed by atoms with Gasteiger partial charge in [0.2, 0.25) is 5.91 Å². The number of ether oxygens (including phenoxy) is 2. The molecule has 4 rings (SSSR count). The van der Waals surface area contributed by atoms with E-state index in [4.69, 9.17) is 4.74 Å². The molecule has 1 N–H and O–H groups in total. The van der Waals surface area contributed by atoms with Crippen LogP contribution in [0.15, 0.2) is 58.8 Å². The third kappa shape index (κ3) is 6.71. The van der Waals surface area contributed by atoms with Gasteiger partial charge in [0.25, 0.3) is 10.0 Å². The van der Waals surface area contributed by atoms with Crippen molar-refractivity contribution < 1.29 is 35.9 Å². The highest BCUT2D eigenvalue weighted by Gasteiger charge is 2.31. The molecule has 2 aromatic carbocycles. The van der Waals surface area contributed by atoms with Gasteiger partial charge in [0, 0.05) is 18.5 Å². The molecule has 1 aromatic heterocycles. The van der Waals surface area contributed by atoms with Crippen LogP contribution in [0.2, 0.25) is 0 Å². The lowest BCUT2D eigenvalue weighted by Gasteiger charge is -2.26. The number of amides is 1. The quantitative estimate of drug-likeness (QED) is 0.501. The Morgan fingerprint density at radius 3 is 2.26 bits per heavy atom. The zero-order valence-electron chi connectivity index (χ0n) is 18.1. The normalized spacial score (nSPS) is 14.5. The molecule has 0 aliphatic carbocycles. The number of alkyl halides is 3. The highest BCUT2D eigenvalue weighted by molar-refractivity contribution is 7.93. The number of rotatable bonds is 7. The minimum atomic E-state index is -4.78. The maximum Gasteiger partial charge on any atom is 0.573 e. The van der Waals surface area contributed by atoms with Crippen molar-refractivity contribution in [3.05, 3.63) is 59.6 Å². The molecular formula is C22H20F3N3O5S2. The molecule has 1 aliphatic rings. The van der Waals surface area contributed by atoms with Gasteiger partial charge in [-0.15, -0.1) is 24.5 Å². The molecule has 2 heterocycles. The zero-order chi connectivity index (χ0) is 25.1. The molecule has 1 saturated heterocycles. The maximum absolute atomic E-state index is 12.7. The third-order valence-corrected chi connectivity index (χ3v) is 7.35. The Hall–Kier alpha value is -3.16. The summed E-state index contributed by atoms with van der Waals surface area (Å²) in [5, 5.41) is 1.77. The van der Waals surface area contributed by atoms with Crippen LogP contribution < -0.4 is 9.46 Å². The Kier molecular flexibility index (Phi) is 7.28. The first-order valence-electron chi connectivity index (χ1n) is 10.4. The summed E-state index contributed by atoms with van der Waals surface area (Å²) < 4.78 is 73.9. The fourth-order valence-corrected chi connectivity index (χ4v) is 5.33. The average molecular weight is 528 g/mol. The monoisotopic (exact) mass is 527 g/mol. The van der Waals surface area contributed by atoms with Gasteiger partial charge in [0.15, 0.2) is 5.13 Å². The molecule has 1 amide bonds. The molecule has 3 aromatic rings. The molecule has 186 valence electrons. The van der Waals surface area contributed by atoms with Gasteiger partial charge in [-0.05, 0) is 35.4 Å². The lowest BCUT2D eigenvalue weighted by atomic mass is 10.1. The summed E-state index contributed by atoms with van der Waals surface area (Å²) in [6.07, 6.45) is -4.71. The van der Waals surface area contributed by atoms with Crippen LogP contribution in [0, 0.1) is 0 Å². The zero-order valence-corrected chi connectivity index (χ0v) is 19.8. The Bertz CT molecular complexity index is 1270. The summed E-state index contributed by atoms with van der Waals surface area (Å²) in [6.45, 7) is 2.02. The molecule has 0 radical (unpaired) electrons. The highest BCUT2D eigenvalue weighted by atomic mass is 32.2. The SMILES string of the molecule is O=C(Cc1csc(NS(=O)(=O)c2ccc(-c3ccc(OC(F)(F)F)cc3)cc2)n1)N1CCOCC1. The van der Waals surface area contributed by atoms with Gasteiger partial charge in [-0.25, -0.2) is 13.4 Å². The van der Waals surface area contributed by atoms with Gasteiger partial charge in [-0.1, -0.05) is 24.3 Å². The minimum Gasteiger partial charge on any atom is -0.406 e. The Morgan fingerprint density at radius 1 is 1.06 bits per heavy atom. The van der Waals surface area contributed by atoms with E-state index >= 15 is 0 Å². The van der Waals surface area contributed by atoms with E-state index in [1.807, 2.05) is 0 Å². The molecule has 35 heavy (non-hydrogen) atoms. The van der Waals surface area contributed by atoms with Crippen molar-refractivity contribution in [1.82, 2.24) is 9.88 Å². The molecule has 0 saturated carbocycles. The Morgan fingerprint density at radius 2 is 1.66 bits per heavy atom. The molecule has 1 fully saturated rings. The van der Waals surface area contributed by atoms with Crippen molar-refractivity contribution in [3.63, 3.8) is 0 Å². The number of morpholine rings is 1. The molecule has 0 bridgehead atoms. The maximum atomic E-state index is 12.7. The van der Waals surface area contributed by atoms with E-state index in [1.165, 1.54) is 36.4 Å². The summed E-state index contributed by atoms with van der Waals surface area (Å²) in [4.78, 5) is 18.2. The average Bonchev–Trinajstić information content (AvgIpc) is 3.25. The number of hydrogen-bond donors (Lipinski definition) is 1. The number of anilines is 1. The van der Waals surface area contributed by atoms with Crippen molar-refractivity contribution in [2.45, 2.75) is 17.7 Å². The van der Waals surface area contributed by atoms with Crippen LogP contribution in [0.3, 0.4) is 0 Å². The first-order chi connectivity index (χ1) is 16.6. The second-order valence-corrected chi connectivity index (χ2v) is 10.1. The van der Waals surface area contributed by atoms with Gasteiger partial charge in [0.1, 0.15) is 5.75 Å².